The fraction of sp³-hybridized carbons (Fsp3) is 0.370. The van der Waals surface area contributed by atoms with Crippen molar-refractivity contribution in [2.75, 3.05) is 26.8 Å². The van der Waals surface area contributed by atoms with Crippen LogP contribution in [0.1, 0.15) is 42.5 Å². The van der Waals surface area contributed by atoms with Gasteiger partial charge in [-0.15, -0.1) is 0 Å². The van der Waals surface area contributed by atoms with Crippen molar-refractivity contribution in [3.8, 4) is 11.5 Å². The van der Waals surface area contributed by atoms with Crippen LogP contribution in [0.15, 0.2) is 73.1 Å². The van der Waals surface area contributed by atoms with E-state index in [4.69, 9.17) is 9.47 Å². The number of likely N-dealkylation sites (tertiary alicyclic amines) is 1. The Morgan fingerprint density at radius 2 is 1.72 bits per heavy atom. The van der Waals surface area contributed by atoms with Gasteiger partial charge in [0.15, 0.2) is 0 Å². The number of pyridine rings is 1. The third-order valence-corrected chi connectivity index (χ3v) is 6.18. The van der Waals surface area contributed by atoms with Gasteiger partial charge in [0.2, 0.25) is 0 Å². The zero-order valence-electron chi connectivity index (χ0n) is 19.0. The minimum Gasteiger partial charge on any atom is -0.497 e. The Bertz CT molecular complexity index is 954. The Morgan fingerprint density at radius 1 is 1.00 bits per heavy atom. The van der Waals surface area contributed by atoms with Crippen LogP contribution < -0.4 is 14.8 Å². The van der Waals surface area contributed by atoms with Crippen molar-refractivity contribution in [1.29, 1.82) is 0 Å². The predicted molar refractivity (Wildman–Crippen MR) is 128 cm³/mol. The van der Waals surface area contributed by atoms with E-state index in [2.05, 4.69) is 75.9 Å². The molecule has 1 aromatic heterocycles. The first-order chi connectivity index (χ1) is 15.8. The summed E-state index contributed by atoms with van der Waals surface area (Å²) < 4.78 is 11.4. The number of nitrogens with zero attached hydrogens (tertiary/aromatic N) is 2. The fourth-order valence-corrected chi connectivity index (χ4v) is 4.49. The van der Waals surface area contributed by atoms with E-state index in [1.807, 2.05) is 19.3 Å². The van der Waals surface area contributed by atoms with Gasteiger partial charge in [0.05, 0.1) is 19.8 Å². The van der Waals surface area contributed by atoms with Crippen molar-refractivity contribution in [3.05, 3.63) is 89.7 Å². The Morgan fingerprint density at radius 3 is 2.41 bits per heavy atom. The average Bonchev–Trinajstić information content (AvgIpc) is 2.86. The maximum atomic E-state index is 6.02. The standard InChI is InChI=1S/C27H33N3O2/c1-3-32-26-7-5-4-6-25(26)27(22-8-10-24(31-2)11-9-22)30-18-14-23(15-19-30)29-20-21-12-16-28-17-13-21/h4-13,16-17,23,27,29H,3,14-15,18-20H2,1-2H3. The molecule has 3 aromatic rings. The molecule has 0 amide bonds. The molecular weight excluding hydrogens is 398 g/mol. The van der Waals surface area contributed by atoms with Crippen LogP contribution in [0.2, 0.25) is 0 Å². The summed E-state index contributed by atoms with van der Waals surface area (Å²) in [6, 6.07) is 21.7. The lowest BCUT2D eigenvalue weighted by molar-refractivity contribution is 0.160. The molecule has 32 heavy (non-hydrogen) atoms. The Labute approximate surface area is 191 Å². The lowest BCUT2D eigenvalue weighted by Crippen LogP contribution is -2.44. The van der Waals surface area contributed by atoms with Gasteiger partial charge in [-0.2, -0.15) is 0 Å². The third kappa shape index (κ3) is 5.47. The van der Waals surface area contributed by atoms with Gasteiger partial charge in [-0.3, -0.25) is 9.88 Å². The van der Waals surface area contributed by atoms with E-state index < -0.39 is 0 Å². The predicted octanol–water partition coefficient (Wildman–Crippen LogP) is 4.83. The molecule has 2 aromatic carbocycles. The maximum absolute atomic E-state index is 6.02. The molecule has 0 bridgehead atoms. The molecule has 4 rings (SSSR count). The molecule has 0 radical (unpaired) electrons. The van der Waals surface area contributed by atoms with E-state index in [1.165, 1.54) is 16.7 Å². The highest BCUT2D eigenvalue weighted by atomic mass is 16.5. The van der Waals surface area contributed by atoms with Gasteiger partial charge in [-0.1, -0.05) is 30.3 Å². The largest absolute Gasteiger partial charge is 0.497 e. The molecule has 2 heterocycles. The maximum Gasteiger partial charge on any atom is 0.124 e. The highest BCUT2D eigenvalue weighted by Gasteiger charge is 2.29. The second kappa shape index (κ2) is 11.1. The van der Waals surface area contributed by atoms with E-state index in [-0.39, 0.29) is 6.04 Å². The SMILES string of the molecule is CCOc1ccccc1C(c1ccc(OC)cc1)N1CCC(NCc2ccncc2)CC1. The van der Waals surface area contributed by atoms with E-state index in [1.54, 1.807) is 7.11 Å². The summed E-state index contributed by atoms with van der Waals surface area (Å²) in [7, 11) is 1.71. The molecule has 1 saturated heterocycles. The second-order valence-electron chi connectivity index (χ2n) is 8.19. The number of ether oxygens (including phenoxy) is 2. The third-order valence-electron chi connectivity index (χ3n) is 6.18. The zero-order chi connectivity index (χ0) is 22.2. The highest BCUT2D eigenvalue weighted by Crippen LogP contribution is 2.37. The van der Waals surface area contributed by atoms with Gasteiger partial charge < -0.3 is 14.8 Å². The van der Waals surface area contributed by atoms with Gasteiger partial charge in [0, 0.05) is 43.6 Å². The van der Waals surface area contributed by atoms with Crippen molar-refractivity contribution >= 4 is 0 Å². The monoisotopic (exact) mass is 431 g/mol. The minimum atomic E-state index is 0.157. The summed E-state index contributed by atoms with van der Waals surface area (Å²) in [6.07, 6.45) is 5.95. The minimum absolute atomic E-state index is 0.157. The Balaban J connectivity index is 1.51. The van der Waals surface area contributed by atoms with E-state index in [0.29, 0.717) is 12.6 Å². The molecule has 5 heteroatoms. The molecule has 168 valence electrons. The summed E-state index contributed by atoms with van der Waals surface area (Å²) in [5, 5.41) is 3.73. The molecule has 1 aliphatic heterocycles. The molecule has 0 saturated carbocycles. The van der Waals surface area contributed by atoms with Gasteiger partial charge in [0.25, 0.3) is 0 Å². The number of nitrogens with one attached hydrogen (secondary N) is 1. The molecule has 1 fully saturated rings. The molecule has 5 nitrogen and oxygen atoms in total. The number of methoxy groups -OCH3 is 1. The van der Waals surface area contributed by atoms with Crippen molar-refractivity contribution in [2.24, 2.45) is 0 Å². The fourth-order valence-electron chi connectivity index (χ4n) is 4.49. The zero-order valence-corrected chi connectivity index (χ0v) is 19.0. The second-order valence-corrected chi connectivity index (χ2v) is 8.19. The number of aromatic nitrogens is 1. The molecule has 1 atom stereocenters. The van der Waals surface area contributed by atoms with Crippen LogP contribution in [-0.4, -0.2) is 42.7 Å². The molecule has 0 aliphatic carbocycles. The van der Waals surface area contributed by atoms with Crippen LogP contribution in [0.5, 0.6) is 11.5 Å². The average molecular weight is 432 g/mol. The molecule has 0 spiro atoms. The smallest absolute Gasteiger partial charge is 0.124 e. The van der Waals surface area contributed by atoms with Crippen LogP contribution >= 0.6 is 0 Å². The quantitative estimate of drug-likeness (QED) is 0.526. The topological polar surface area (TPSA) is 46.6 Å². The van der Waals surface area contributed by atoms with Gasteiger partial charge in [-0.25, -0.2) is 0 Å². The van der Waals surface area contributed by atoms with Crippen LogP contribution in [0, 0.1) is 0 Å². The van der Waals surface area contributed by atoms with E-state index in [0.717, 1.165) is 44.0 Å². The first kappa shape index (κ1) is 22.3. The van der Waals surface area contributed by atoms with Crippen LogP contribution in [0.4, 0.5) is 0 Å². The first-order valence-electron chi connectivity index (χ1n) is 11.5. The summed E-state index contributed by atoms with van der Waals surface area (Å²) >= 11 is 0. The van der Waals surface area contributed by atoms with E-state index >= 15 is 0 Å². The molecular formula is C27H33N3O2. The Kier molecular flexibility index (Phi) is 7.75. The van der Waals surface area contributed by atoms with Crippen molar-refractivity contribution < 1.29 is 9.47 Å². The first-order valence-corrected chi connectivity index (χ1v) is 11.5. The summed E-state index contributed by atoms with van der Waals surface area (Å²) in [4.78, 5) is 6.69. The van der Waals surface area contributed by atoms with E-state index in [9.17, 15) is 0 Å². The lowest BCUT2D eigenvalue weighted by Gasteiger charge is -2.39. The number of hydrogen-bond acceptors (Lipinski definition) is 5. The normalized spacial score (nSPS) is 15.9. The van der Waals surface area contributed by atoms with Crippen LogP contribution in [0.3, 0.4) is 0 Å². The number of rotatable bonds is 9. The summed E-state index contributed by atoms with van der Waals surface area (Å²) in [6.45, 7) is 5.66. The lowest BCUT2D eigenvalue weighted by atomic mass is 9.93. The number of benzene rings is 2. The van der Waals surface area contributed by atoms with Gasteiger partial charge in [0.1, 0.15) is 11.5 Å². The summed E-state index contributed by atoms with van der Waals surface area (Å²) in [5.74, 6) is 1.85. The van der Waals surface area contributed by atoms with Crippen molar-refractivity contribution in [1.82, 2.24) is 15.2 Å². The number of hydrogen-bond donors (Lipinski definition) is 1. The van der Waals surface area contributed by atoms with Crippen LogP contribution in [0.25, 0.3) is 0 Å². The highest BCUT2D eigenvalue weighted by molar-refractivity contribution is 5.43. The Hall–Kier alpha value is -2.89. The van der Waals surface area contributed by atoms with Crippen LogP contribution in [-0.2, 0) is 6.54 Å². The summed E-state index contributed by atoms with van der Waals surface area (Å²) in [5.41, 5.74) is 3.77. The number of piperidine rings is 1. The van der Waals surface area contributed by atoms with Gasteiger partial charge >= 0.3 is 0 Å². The molecule has 1 N–H and O–H groups in total. The molecule has 1 aliphatic rings. The van der Waals surface area contributed by atoms with Gasteiger partial charge in [-0.05, 0) is 61.2 Å². The van der Waals surface area contributed by atoms with Crippen molar-refractivity contribution in [3.63, 3.8) is 0 Å². The molecule has 1 unspecified atom stereocenters. The number of para-hydroxylation sites is 1. The van der Waals surface area contributed by atoms with Crippen molar-refractivity contribution in [2.45, 2.75) is 38.4 Å².